The average molecular weight is 454 g/mol. The first kappa shape index (κ1) is 23.1. The molecule has 6 heteroatoms. The standard InChI is InChI=1S/C28H28FN5/c1-4-22(29)17-16-20(3)26-25(33-27(34(26)5-2)21-12-8-6-9-13-21)24-18-19-30-28(32-24)31-23-14-10-7-11-15-23/h4,6-20H,5H2,1-3H3,(H,30,31,32)/b17-16-,22-4+. The van der Waals surface area contributed by atoms with Crippen molar-refractivity contribution in [3.8, 4) is 22.8 Å². The van der Waals surface area contributed by atoms with Gasteiger partial charge in [0.05, 0.1) is 11.4 Å². The maximum absolute atomic E-state index is 13.9. The Morgan fingerprint density at radius 2 is 1.74 bits per heavy atom. The molecule has 172 valence electrons. The van der Waals surface area contributed by atoms with Gasteiger partial charge in [0.2, 0.25) is 5.95 Å². The lowest BCUT2D eigenvalue weighted by Gasteiger charge is -2.14. The van der Waals surface area contributed by atoms with Crippen LogP contribution in [0.25, 0.3) is 22.8 Å². The van der Waals surface area contributed by atoms with Crippen molar-refractivity contribution in [3.63, 3.8) is 0 Å². The van der Waals surface area contributed by atoms with Gasteiger partial charge in [-0.3, -0.25) is 0 Å². The first-order valence-electron chi connectivity index (χ1n) is 11.4. The molecule has 0 amide bonds. The van der Waals surface area contributed by atoms with E-state index in [1.165, 1.54) is 12.2 Å². The molecule has 2 aromatic carbocycles. The fourth-order valence-electron chi connectivity index (χ4n) is 3.87. The molecule has 0 aliphatic heterocycles. The highest BCUT2D eigenvalue weighted by atomic mass is 19.1. The minimum Gasteiger partial charge on any atom is -0.327 e. The number of anilines is 2. The van der Waals surface area contributed by atoms with Crippen LogP contribution in [-0.2, 0) is 6.54 Å². The highest BCUT2D eigenvalue weighted by Gasteiger charge is 2.23. The van der Waals surface area contributed by atoms with E-state index in [2.05, 4.69) is 21.8 Å². The normalized spacial score (nSPS) is 12.8. The van der Waals surface area contributed by atoms with E-state index >= 15 is 0 Å². The molecule has 2 aromatic heterocycles. The number of nitrogens with one attached hydrogen (secondary N) is 1. The molecule has 1 N–H and O–H groups in total. The number of benzene rings is 2. The van der Waals surface area contributed by atoms with Gasteiger partial charge in [0.25, 0.3) is 0 Å². The monoisotopic (exact) mass is 453 g/mol. The van der Waals surface area contributed by atoms with Crippen molar-refractivity contribution in [1.29, 1.82) is 0 Å². The van der Waals surface area contributed by atoms with Gasteiger partial charge < -0.3 is 9.88 Å². The Morgan fingerprint density at radius 3 is 2.41 bits per heavy atom. The van der Waals surface area contributed by atoms with Gasteiger partial charge in [0, 0.05) is 29.9 Å². The van der Waals surface area contributed by atoms with Crippen LogP contribution in [0.1, 0.15) is 32.4 Å². The molecule has 0 radical (unpaired) electrons. The summed E-state index contributed by atoms with van der Waals surface area (Å²) >= 11 is 0. The van der Waals surface area contributed by atoms with Crippen molar-refractivity contribution in [2.75, 3.05) is 5.32 Å². The predicted octanol–water partition coefficient (Wildman–Crippen LogP) is 7.30. The van der Waals surface area contributed by atoms with Crippen molar-refractivity contribution in [2.24, 2.45) is 0 Å². The van der Waals surface area contributed by atoms with E-state index in [0.29, 0.717) is 11.6 Å². The fraction of sp³-hybridized carbons (Fsp3) is 0.179. The summed E-state index contributed by atoms with van der Waals surface area (Å²) in [6.45, 7) is 6.54. The SMILES string of the molecule is C/C=C(F)\C=C/C(C)c1c(-c2ccnc(Nc3ccccc3)n2)nc(-c2ccccc2)n1CC. The molecule has 2 heterocycles. The second-order valence-corrected chi connectivity index (χ2v) is 7.86. The van der Waals surface area contributed by atoms with Crippen LogP contribution < -0.4 is 5.32 Å². The van der Waals surface area contributed by atoms with Crippen LogP contribution in [0.5, 0.6) is 0 Å². The Hall–Kier alpha value is -4.06. The van der Waals surface area contributed by atoms with Gasteiger partial charge in [-0.15, -0.1) is 0 Å². The van der Waals surface area contributed by atoms with Crippen LogP contribution in [-0.4, -0.2) is 19.5 Å². The Morgan fingerprint density at radius 1 is 1.03 bits per heavy atom. The molecule has 0 saturated carbocycles. The van der Waals surface area contributed by atoms with Crippen molar-refractivity contribution in [1.82, 2.24) is 19.5 Å². The van der Waals surface area contributed by atoms with Crippen molar-refractivity contribution in [3.05, 3.63) is 103 Å². The summed E-state index contributed by atoms with van der Waals surface area (Å²) in [4.78, 5) is 14.2. The molecular weight excluding hydrogens is 425 g/mol. The number of allylic oxidation sites excluding steroid dienone is 4. The van der Waals surface area contributed by atoms with Crippen LogP contribution in [0.15, 0.2) is 97.0 Å². The van der Waals surface area contributed by atoms with E-state index in [-0.39, 0.29) is 11.7 Å². The molecule has 4 aromatic rings. The highest BCUT2D eigenvalue weighted by Crippen LogP contribution is 2.34. The summed E-state index contributed by atoms with van der Waals surface area (Å²) in [6, 6.07) is 21.7. The molecule has 0 spiro atoms. The summed E-state index contributed by atoms with van der Waals surface area (Å²) in [6.07, 6.45) is 6.54. The van der Waals surface area contributed by atoms with Crippen LogP contribution in [0.4, 0.5) is 16.0 Å². The summed E-state index contributed by atoms with van der Waals surface area (Å²) < 4.78 is 16.0. The molecule has 0 bridgehead atoms. The summed E-state index contributed by atoms with van der Waals surface area (Å²) in [5.41, 5.74) is 4.37. The number of hydrogen-bond donors (Lipinski definition) is 1. The van der Waals surface area contributed by atoms with Crippen molar-refractivity contribution in [2.45, 2.75) is 33.2 Å². The summed E-state index contributed by atoms with van der Waals surface area (Å²) in [5.74, 6) is 0.989. The van der Waals surface area contributed by atoms with Crippen LogP contribution >= 0.6 is 0 Å². The molecule has 0 aliphatic carbocycles. The largest absolute Gasteiger partial charge is 0.327 e. The molecule has 0 aliphatic rings. The lowest BCUT2D eigenvalue weighted by molar-refractivity contribution is 0.660. The van der Waals surface area contributed by atoms with Gasteiger partial charge in [-0.05, 0) is 38.1 Å². The van der Waals surface area contributed by atoms with E-state index in [0.717, 1.165) is 35.0 Å². The van der Waals surface area contributed by atoms with E-state index in [9.17, 15) is 4.39 Å². The van der Waals surface area contributed by atoms with E-state index < -0.39 is 0 Å². The molecule has 34 heavy (non-hydrogen) atoms. The molecular formula is C28H28FN5. The second-order valence-electron chi connectivity index (χ2n) is 7.86. The van der Waals surface area contributed by atoms with E-state index in [4.69, 9.17) is 9.97 Å². The second kappa shape index (κ2) is 10.7. The average Bonchev–Trinajstić information content (AvgIpc) is 3.28. The minimum atomic E-state index is -0.268. The third-order valence-electron chi connectivity index (χ3n) is 5.53. The van der Waals surface area contributed by atoms with Crippen LogP contribution in [0.3, 0.4) is 0 Å². The number of imidazole rings is 1. The van der Waals surface area contributed by atoms with Crippen LogP contribution in [0, 0.1) is 0 Å². The van der Waals surface area contributed by atoms with Crippen LogP contribution in [0.2, 0.25) is 0 Å². The van der Waals surface area contributed by atoms with Gasteiger partial charge in [0.15, 0.2) is 0 Å². The molecule has 4 rings (SSSR count). The Bertz CT molecular complexity index is 1290. The number of aromatic nitrogens is 4. The first-order valence-corrected chi connectivity index (χ1v) is 11.4. The van der Waals surface area contributed by atoms with E-state index in [1.807, 2.05) is 79.7 Å². The van der Waals surface area contributed by atoms with Gasteiger partial charge in [-0.25, -0.2) is 19.3 Å². The molecule has 0 fully saturated rings. The Kier molecular flexibility index (Phi) is 7.28. The maximum Gasteiger partial charge on any atom is 0.227 e. The zero-order valence-electron chi connectivity index (χ0n) is 19.6. The van der Waals surface area contributed by atoms with Gasteiger partial charge in [0.1, 0.15) is 17.3 Å². The predicted molar refractivity (Wildman–Crippen MR) is 137 cm³/mol. The van der Waals surface area contributed by atoms with Crippen molar-refractivity contribution < 1.29 is 4.39 Å². The third-order valence-corrected chi connectivity index (χ3v) is 5.53. The quantitative estimate of drug-likeness (QED) is 0.284. The molecule has 1 atom stereocenters. The molecule has 0 saturated heterocycles. The first-order chi connectivity index (χ1) is 16.6. The molecule has 1 unspecified atom stereocenters. The number of nitrogens with zero attached hydrogens (tertiary/aromatic N) is 4. The zero-order chi connectivity index (χ0) is 23.9. The molecule has 5 nitrogen and oxygen atoms in total. The number of hydrogen-bond acceptors (Lipinski definition) is 4. The highest BCUT2D eigenvalue weighted by molar-refractivity contribution is 5.68. The topological polar surface area (TPSA) is 55.6 Å². The van der Waals surface area contributed by atoms with Crippen molar-refractivity contribution >= 4 is 11.6 Å². The lowest BCUT2D eigenvalue weighted by Crippen LogP contribution is -2.06. The number of para-hydroxylation sites is 1. The number of rotatable bonds is 8. The van der Waals surface area contributed by atoms with Gasteiger partial charge in [-0.2, -0.15) is 0 Å². The smallest absolute Gasteiger partial charge is 0.227 e. The Labute approximate surface area is 199 Å². The Balaban J connectivity index is 1.83. The minimum absolute atomic E-state index is 0.0916. The maximum atomic E-state index is 13.9. The summed E-state index contributed by atoms with van der Waals surface area (Å²) in [5, 5.41) is 3.25. The fourth-order valence-corrected chi connectivity index (χ4v) is 3.87. The van der Waals surface area contributed by atoms with E-state index in [1.54, 1.807) is 13.1 Å². The number of halogens is 1. The third kappa shape index (κ3) is 5.12. The zero-order valence-corrected chi connectivity index (χ0v) is 19.6. The van der Waals surface area contributed by atoms with Gasteiger partial charge >= 0.3 is 0 Å². The lowest BCUT2D eigenvalue weighted by atomic mass is 10.0. The van der Waals surface area contributed by atoms with Gasteiger partial charge in [-0.1, -0.05) is 67.6 Å². The summed E-state index contributed by atoms with van der Waals surface area (Å²) in [7, 11) is 0.